The van der Waals surface area contributed by atoms with E-state index in [-0.39, 0.29) is 0 Å². The maximum Gasteiger partial charge on any atom is 0.174 e. The van der Waals surface area contributed by atoms with Crippen molar-refractivity contribution < 1.29 is 8.78 Å². The van der Waals surface area contributed by atoms with Crippen molar-refractivity contribution >= 4 is 17.4 Å². The maximum absolute atomic E-state index is 13.5. The molecule has 1 aliphatic heterocycles. The summed E-state index contributed by atoms with van der Waals surface area (Å²) in [5, 5.41) is 3.43. The molecule has 1 N–H and O–H groups in total. The first-order valence-electron chi connectivity index (χ1n) is 4.98. The summed E-state index contributed by atoms with van der Waals surface area (Å²) in [4.78, 5) is 0.417. The van der Waals surface area contributed by atoms with Crippen LogP contribution in [0.25, 0.3) is 0 Å². The van der Waals surface area contributed by atoms with Gasteiger partial charge in [-0.25, -0.2) is 8.78 Å². The fourth-order valence-corrected chi connectivity index (χ4v) is 2.77. The van der Waals surface area contributed by atoms with Gasteiger partial charge in [-0.1, -0.05) is 13.8 Å². The minimum atomic E-state index is -0.771. The van der Waals surface area contributed by atoms with Gasteiger partial charge in [0.1, 0.15) is 0 Å². The summed E-state index contributed by atoms with van der Waals surface area (Å²) in [7, 11) is 0. The molecule has 0 fully saturated rings. The Bertz CT molecular complexity index is 379. The van der Waals surface area contributed by atoms with Gasteiger partial charge in [0.2, 0.25) is 0 Å². The topological polar surface area (TPSA) is 12.0 Å². The van der Waals surface area contributed by atoms with Gasteiger partial charge in [-0.05, 0) is 18.1 Å². The molecular weight excluding hydrogens is 216 g/mol. The average molecular weight is 229 g/mol. The Kier molecular flexibility index (Phi) is 2.87. The van der Waals surface area contributed by atoms with Gasteiger partial charge in [0.05, 0.1) is 10.6 Å². The van der Waals surface area contributed by atoms with E-state index in [4.69, 9.17) is 0 Å². The van der Waals surface area contributed by atoms with Gasteiger partial charge in [-0.3, -0.25) is 0 Å². The Morgan fingerprint density at radius 2 is 2.13 bits per heavy atom. The maximum atomic E-state index is 13.5. The lowest BCUT2D eigenvalue weighted by molar-refractivity contribution is 0.490. The Hall–Kier alpha value is -0.770. The molecule has 0 bridgehead atoms. The second-order valence-electron chi connectivity index (χ2n) is 4.02. The summed E-state index contributed by atoms with van der Waals surface area (Å²) in [6, 6.07) is 2.76. The number of thioether (sulfide) groups is 1. The largest absolute Gasteiger partial charge is 0.383 e. The molecule has 0 saturated carbocycles. The molecule has 1 aromatic carbocycles. The minimum Gasteiger partial charge on any atom is -0.383 e. The Labute approximate surface area is 92.3 Å². The van der Waals surface area contributed by atoms with Crippen molar-refractivity contribution in [3.63, 3.8) is 0 Å². The van der Waals surface area contributed by atoms with Crippen molar-refractivity contribution in [2.24, 2.45) is 5.92 Å². The van der Waals surface area contributed by atoms with Crippen LogP contribution in [-0.2, 0) is 0 Å². The van der Waals surface area contributed by atoms with Gasteiger partial charge >= 0.3 is 0 Å². The molecule has 0 saturated heterocycles. The molecule has 0 radical (unpaired) electrons. The molecule has 4 heteroatoms. The van der Waals surface area contributed by atoms with E-state index >= 15 is 0 Å². The van der Waals surface area contributed by atoms with Crippen molar-refractivity contribution in [1.82, 2.24) is 0 Å². The van der Waals surface area contributed by atoms with Crippen molar-refractivity contribution in [3.05, 3.63) is 23.8 Å². The van der Waals surface area contributed by atoms with Crippen molar-refractivity contribution in [2.45, 2.75) is 24.0 Å². The highest BCUT2D eigenvalue weighted by atomic mass is 32.2. The lowest BCUT2D eigenvalue weighted by Crippen LogP contribution is -2.26. The van der Waals surface area contributed by atoms with Gasteiger partial charge in [-0.15, -0.1) is 11.8 Å². The molecule has 1 aromatic rings. The number of hydrogen-bond acceptors (Lipinski definition) is 2. The van der Waals surface area contributed by atoms with Crippen molar-refractivity contribution in [1.29, 1.82) is 0 Å². The number of hydrogen-bond donors (Lipinski definition) is 1. The molecule has 1 heterocycles. The van der Waals surface area contributed by atoms with E-state index in [1.165, 1.54) is 11.8 Å². The zero-order chi connectivity index (χ0) is 11.0. The third-order valence-corrected chi connectivity index (χ3v) is 4.21. The number of benzene rings is 1. The molecule has 0 aromatic heterocycles. The predicted molar refractivity (Wildman–Crippen MR) is 59.3 cm³/mol. The summed E-state index contributed by atoms with van der Waals surface area (Å²) in [5.74, 6) is -1.05. The Balaban J connectivity index is 2.35. The van der Waals surface area contributed by atoms with E-state index in [1.807, 2.05) is 0 Å². The highest BCUT2D eigenvalue weighted by Crippen LogP contribution is 2.40. The van der Waals surface area contributed by atoms with Crippen molar-refractivity contribution in [3.8, 4) is 0 Å². The molecule has 2 rings (SSSR count). The molecule has 0 spiro atoms. The van der Waals surface area contributed by atoms with Crippen LogP contribution in [-0.4, -0.2) is 11.8 Å². The van der Waals surface area contributed by atoms with Crippen LogP contribution in [0.4, 0.5) is 14.5 Å². The molecule has 0 amide bonds. The smallest absolute Gasteiger partial charge is 0.174 e. The number of fused-ring (bicyclic) bond motifs is 1. The summed E-state index contributed by atoms with van der Waals surface area (Å²) in [6.45, 7) is 4.98. The normalized spacial score (nSPS) is 19.9. The fourth-order valence-electron chi connectivity index (χ4n) is 1.56. The third-order valence-electron chi connectivity index (χ3n) is 2.56. The van der Waals surface area contributed by atoms with Crippen LogP contribution in [0, 0.1) is 17.6 Å². The fraction of sp³-hybridized carbons (Fsp3) is 0.455. The molecule has 0 aliphatic carbocycles. The molecule has 1 aliphatic rings. The molecule has 1 nitrogen and oxygen atoms in total. The lowest BCUT2D eigenvalue weighted by Gasteiger charge is -2.28. The Morgan fingerprint density at radius 3 is 2.80 bits per heavy atom. The van der Waals surface area contributed by atoms with Crippen LogP contribution in [0.3, 0.4) is 0 Å². The molecular formula is C11H13F2NS. The van der Waals surface area contributed by atoms with E-state index in [9.17, 15) is 8.78 Å². The zero-order valence-corrected chi connectivity index (χ0v) is 9.50. The SMILES string of the molecule is CC(C)C1CNc2ccc(F)c(F)c2S1. The van der Waals surface area contributed by atoms with Crippen LogP contribution >= 0.6 is 11.8 Å². The van der Waals surface area contributed by atoms with E-state index in [0.717, 1.165) is 12.6 Å². The zero-order valence-electron chi connectivity index (χ0n) is 8.68. The first kappa shape index (κ1) is 10.7. The minimum absolute atomic E-state index is 0.300. The van der Waals surface area contributed by atoms with E-state index in [0.29, 0.717) is 21.8 Å². The first-order chi connectivity index (χ1) is 7.09. The number of rotatable bonds is 1. The average Bonchev–Trinajstić information content (AvgIpc) is 2.23. The van der Waals surface area contributed by atoms with Crippen LogP contribution in [0.5, 0.6) is 0 Å². The number of anilines is 1. The van der Waals surface area contributed by atoms with Gasteiger partial charge in [-0.2, -0.15) is 0 Å². The second-order valence-corrected chi connectivity index (χ2v) is 5.27. The summed E-state index contributed by atoms with van der Waals surface area (Å²) in [5.41, 5.74) is 0.704. The second kappa shape index (κ2) is 4.00. The highest BCUT2D eigenvalue weighted by Gasteiger charge is 2.25. The third kappa shape index (κ3) is 1.95. The van der Waals surface area contributed by atoms with E-state index < -0.39 is 11.6 Å². The number of halogens is 2. The summed E-state index contributed by atoms with van der Waals surface area (Å²) in [6.07, 6.45) is 0. The quantitative estimate of drug-likeness (QED) is 0.791. The summed E-state index contributed by atoms with van der Waals surface area (Å²) < 4.78 is 26.5. The standard InChI is InChI=1S/C11H13F2NS/c1-6(2)9-5-14-8-4-3-7(12)10(13)11(8)15-9/h3-4,6,9,14H,5H2,1-2H3. The van der Waals surface area contributed by atoms with Crippen LogP contribution in [0.1, 0.15) is 13.8 Å². The van der Waals surface area contributed by atoms with Crippen LogP contribution < -0.4 is 5.32 Å². The highest BCUT2D eigenvalue weighted by molar-refractivity contribution is 8.00. The molecule has 15 heavy (non-hydrogen) atoms. The van der Waals surface area contributed by atoms with Crippen LogP contribution in [0.15, 0.2) is 17.0 Å². The van der Waals surface area contributed by atoms with E-state index in [1.54, 1.807) is 6.07 Å². The molecule has 1 atom stereocenters. The van der Waals surface area contributed by atoms with E-state index in [2.05, 4.69) is 19.2 Å². The lowest BCUT2D eigenvalue weighted by atomic mass is 10.1. The van der Waals surface area contributed by atoms with Gasteiger partial charge < -0.3 is 5.32 Å². The molecule has 1 unspecified atom stereocenters. The molecule has 82 valence electrons. The van der Waals surface area contributed by atoms with Gasteiger partial charge in [0.25, 0.3) is 0 Å². The predicted octanol–water partition coefficient (Wildman–Crippen LogP) is 3.51. The first-order valence-corrected chi connectivity index (χ1v) is 5.86. The van der Waals surface area contributed by atoms with Gasteiger partial charge in [0, 0.05) is 11.8 Å². The monoisotopic (exact) mass is 229 g/mol. The summed E-state index contributed by atoms with van der Waals surface area (Å²) >= 11 is 1.43. The van der Waals surface area contributed by atoms with Gasteiger partial charge in [0.15, 0.2) is 11.6 Å². The number of nitrogens with one attached hydrogen (secondary N) is 1. The van der Waals surface area contributed by atoms with Crippen LogP contribution in [0.2, 0.25) is 0 Å². The van der Waals surface area contributed by atoms with Crippen molar-refractivity contribution in [2.75, 3.05) is 11.9 Å². The Morgan fingerprint density at radius 1 is 1.40 bits per heavy atom.